The number of hydrogen-bond donors (Lipinski definition) is 1. The number of H-pyrrole nitrogens is 1. The summed E-state index contributed by atoms with van der Waals surface area (Å²) in [5.41, 5.74) is 4.14. The van der Waals surface area contributed by atoms with E-state index in [-0.39, 0.29) is 12.1 Å². The molecule has 0 saturated heterocycles. The first-order valence-corrected chi connectivity index (χ1v) is 10.5. The molecule has 2 atom stereocenters. The van der Waals surface area contributed by atoms with Crippen molar-refractivity contribution < 1.29 is 9.47 Å². The van der Waals surface area contributed by atoms with Gasteiger partial charge in [-0.25, -0.2) is 9.98 Å². The first-order chi connectivity index (χ1) is 14.0. The number of aliphatic imine (C=N–C) groups is 2. The van der Waals surface area contributed by atoms with Gasteiger partial charge in [0, 0.05) is 10.8 Å². The van der Waals surface area contributed by atoms with Crippen LogP contribution in [-0.4, -0.2) is 42.1 Å². The van der Waals surface area contributed by atoms with Crippen LogP contribution >= 0.6 is 0 Å². The maximum absolute atomic E-state index is 5.97. The fraction of sp³-hybridized carbons (Fsp3) is 0.417. The minimum absolute atomic E-state index is 0.217. The molecular weight excluding hydrogens is 362 g/mol. The molecule has 150 valence electrons. The summed E-state index contributed by atoms with van der Waals surface area (Å²) in [4.78, 5) is 13.3. The summed E-state index contributed by atoms with van der Waals surface area (Å²) in [6, 6.07) is 13.0. The van der Waals surface area contributed by atoms with Crippen LogP contribution in [-0.2, 0) is 9.47 Å². The van der Waals surface area contributed by atoms with E-state index < -0.39 is 0 Å². The van der Waals surface area contributed by atoms with E-state index in [2.05, 4.69) is 69.1 Å². The van der Waals surface area contributed by atoms with Gasteiger partial charge >= 0.3 is 0 Å². The zero-order valence-electron chi connectivity index (χ0n) is 17.4. The molecule has 0 saturated carbocycles. The highest BCUT2D eigenvalue weighted by Gasteiger charge is 2.27. The Kier molecular flexibility index (Phi) is 4.34. The molecule has 0 radical (unpaired) electrons. The van der Waals surface area contributed by atoms with Crippen molar-refractivity contribution in [1.29, 1.82) is 0 Å². The average molecular weight is 389 g/mol. The Morgan fingerprint density at radius 3 is 1.59 bits per heavy atom. The number of aromatic amines is 1. The maximum atomic E-state index is 5.97. The molecule has 5 heteroatoms. The van der Waals surface area contributed by atoms with Crippen LogP contribution in [0.1, 0.15) is 38.8 Å². The van der Waals surface area contributed by atoms with E-state index in [1.165, 1.54) is 0 Å². The van der Waals surface area contributed by atoms with E-state index in [0.29, 0.717) is 25.0 Å². The average Bonchev–Trinajstić information content (AvgIpc) is 3.44. The Balaban J connectivity index is 1.65. The molecular formula is C24H27N3O2. The Morgan fingerprint density at radius 1 is 0.759 bits per heavy atom. The van der Waals surface area contributed by atoms with Gasteiger partial charge in [-0.15, -0.1) is 0 Å². The highest BCUT2D eigenvalue weighted by molar-refractivity contribution is 6.19. The predicted octanol–water partition coefficient (Wildman–Crippen LogP) is 4.92. The van der Waals surface area contributed by atoms with E-state index in [9.17, 15) is 0 Å². The number of rotatable bonds is 4. The van der Waals surface area contributed by atoms with Crippen LogP contribution in [0.2, 0.25) is 0 Å². The van der Waals surface area contributed by atoms with Gasteiger partial charge in [-0.1, -0.05) is 52.0 Å². The van der Waals surface area contributed by atoms with E-state index >= 15 is 0 Å². The van der Waals surface area contributed by atoms with E-state index in [1.54, 1.807) is 0 Å². The normalized spacial score (nSPS) is 21.7. The lowest BCUT2D eigenvalue weighted by Gasteiger charge is -2.06. The topological polar surface area (TPSA) is 59.0 Å². The molecule has 2 aromatic carbocycles. The summed E-state index contributed by atoms with van der Waals surface area (Å²) < 4.78 is 11.9. The Morgan fingerprint density at radius 2 is 1.21 bits per heavy atom. The molecule has 3 aromatic rings. The highest BCUT2D eigenvalue weighted by atomic mass is 16.5. The molecule has 0 spiro atoms. The van der Waals surface area contributed by atoms with Gasteiger partial charge in [-0.2, -0.15) is 0 Å². The number of hydrogen-bond acceptors (Lipinski definition) is 4. The van der Waals surface area contributed by atoms with Gasteiger partial charge in [-0.3, -0.25) is 0 Å². The molecule has 29 heavy (non-hydrogen) atoms. The molecule has 0 bridgehead atoms. The lowest BCUT2D eigenvalue weighted by Crippen LogP contribution is -2.13. The number of para-hydroxylation sites is 2. The number of aromatic nitrogens is 1. The van der Waals surface area contributed by atoms with Gasteiger partial charge in [0.2, 0.25) is 11.8 Å². The van der Waals surface area contributed by atoms with Crippen LogP contribution in [0, 0.1) is 11.8 Å². The van der Waals surface area contributed by atoms with Gasteiger partial charge in [0.25, 0.3) is 0 Å². The predicted molar refractivity (Wildman–Crippen MR) is 118 cm³/mol. The molecule has 0 fully saturated rings. The zero-order valence-corrected chi connectivity index (χ0v) is 17.4. The molecule has 2 aliphatic heterocycles. The van der Waals surface area contributed by atoms with Crippen molar-refractivity contribution in [1.82, 2.24) is 4.98 Å². The summed E-state index contributed by atoms with van der Waals surface area (Å²) in [6.07, 6.45) is 0. The molecule has 1 N–H and O–H groups in total. The van der Waals surface area contributed by atoms with Crippen molar-refractivity contribution in [2.24, 2.45) is 21.8 Å². The number of fused-ring (bicyclic) bond motifs is 3. The second-order valence-electron chi connectivity index (χ2n) is 8.69. The summed E-state index contributed by atoms with van der Waals surface area (Å²) >= 11 is 0. The fourth-order valence-corrected chi connectivity index (χ4v) is 4.06. The van der Waals surface area contributed by atoms with Crippen molar-refractivity contribution >= 4 is 33.6 Å². The molecule has 3 heterocycles. The van der Waals surface area contributed by atoms with Crippen molar-refractivity contribution in [3.05, 3.63) is 47.5 Å². The summed E-state index contributed by atoms with van der Waals surface area (Å²) in [6.45, 7) is 10.0. The number of ether oxygens (including phenoxy) is 2. The number of benzene rings is 2. The third-order valence-corrected chi connectivity index (χ3v) is 6.02. The van der Waals surface area contributed by atoms with E-state index in [4.69, 9.17) is 19.5 Å². The van der Waals surface area contributed by atoms with Crippen LogP contribution < -0.4 is 0 Å². The smallest absolute Gasteiger partial charge is 0.218 e. The van der Waals surface area contributed by atoms with Gasteiger partial charge in [0.1, 0.15) is 13.2 Å². The third-order valence-electron chi connectivity index (χ3n) is 6.02. The molecule has 0 aliphatic carbocycles. The highest BCUT2D eigenvalue weighted by Crippen LogP contribution is 2.32. The lowest BCUT2D eigenvalue weighted by molar-refractivity contribution is 0.292. The lowest BCUT2D eigenvalue weighted by atomic mass is 10.1. The van der Waals surface area contributed by atoms with Crippen molar-refractivity contribution in [3.63, 3.8) is 0 Å². The number of nitrogens with zero attached hydrogens (tertiary/aromatic N) is 2. The summed E-state index contributed by atoms with van der Waals surface area (Å²) in [5, 5.41) is 2.33. The SMILES string of the molecule is CC(C)[C@@H]1COC(c2cccc3c2[nH]c2c(C4=N[C@H](C(C)C)CO4)cccc23)=N1. The van der Waals surface area contributed by atoms with E-state index in [1.807, 2.05) is 0 Å². The van der Waals surface area contributed by atoms with Crippen LogP contribution in [0.5, 0.6) is 0 Å². The van der Waals surface area contributed by atoms with Crippen molar-refractivity contribution in [3.8, 4) is 0 Å². The second-order valence-corrected chi connectivity index (χ2v) is 8.69. The standard InChI is InChI=1S/C24H27N3O2/c1-13(2)19-11-28-23(25-19)17-9-5-7-15-16-8-6-10-18(22(16)27-21(15)17)24-26-20(12-29-24)14(3)4/h5-10,13-14,19-20,27H,11-12H2,1-4H3/t19-,20-/m0/s1. The fourth-order valence-electron chi connectivity index (χ4n) is 4.06. The van der Waals surface area contributed by atoms with Gasteiger partial charge in [-0.05, 0) is 24.0 Å². The third kappa shape index (κ3) is 3.00. The van der Waals surface area contributed by atoms with Crippen LogP contribution in [0.3, 0.4) is 0 Å². The van der Waals surface area contributed by atoms with Crippen LogP contribution in [0.15, 0.2) is 46.4 Å². The molecule has 1 aromatic heterocycles. The maximum Gasteiger partial charge on any atom is 0.218 e. The van der Waals surface area contributed by atoms with Crippen LogP contribution in [0.25, 0.3) is 21.8 Å². The quantitative estimate of drug-likeness (QED) is 0.688. The Bertz CT molecular complexity index is 1050. The number of nitrogens with one attached hydrogen (secondary N) is 1. The summed E-state index contributed by atoms with van der Waals surface area (Å²) in [7, 11) is 0. The Hall–Kier alpha value is -2.82. The second kappa shape index (κ2) is 6.90. The molecule has 5 rings (SSSR count). The minimum Gasteiger partial charge on any atom is -0.475 e. The van der Waals surface area contributed by atoms with Crippen LogP contribution in [0.4, 0.5) is 0 Å². The van der Waals surface area contributed by atoms with Crippen molar-refractivity contribution in [2.45, 2.75) is 39.8 Å². The molecule has 0 unspecified atom stereocenters. The van der Waals surface area contributed by atoms with Gasteiger partial charge in [0.15, 0.2) is 0 Å². The molecule has 0 amide bonds. The Labute approximate surface area is 170 Å². The first-order valence-electron chi connectivity index (χ1n) is 10.5. The summed E-state index contributed by atoms with van der Waals surface area (Å²) in [5.74, 6) is 2.40. The minimum atomic E-state index is 0.217. The van der Waals surface area contributed by atoms with Crippen molar-refractivity contribution in [2.75, 3.05) is 13.2 Å². The zero-order chi connectivity index (χ0) is 20.1. The molecule has 2 aliphatic rings. The first kappa shape index (κ1) is 18.2. The molecule has 5 nitrogen and oxygen atoms in total. The largest absolute Gasteiger partial charge is 0.475 e. The van der Waals surface area contributed by atoms with Gasteiger partial charge in [0.05, 0.1) is 34.2 Å². The monoisotopic (exact) mass is 389 g/mol. The van der Waals surface area contributed by atoms with Gasteiger partial charge < -0.3 is 14.5 Å². The van der Waals surface area contributed by atoms with E-state index in [0.717, 1.165) is 44.7 Å².